The van der Waals surface area contributed by atoms with Crippen LogP contribution in [0.4, 0.5) is 0 Å². The van der Waals surface area contributed by atoms with E-state index in [1.165, 1.54) is 31.8 Å². The van der Waals surface area contributed by atoms with E-state index in [-0.39, 0.29) is 35.9 Å². The van der Waals surface area contributed by atoms with Crippen LogP contribution < -0.4 is 25.5 Å². The third kappa shape index (κ3) is 5.20. The molecule has 44 heavy (non-hydrogen) atoms. The van der Waals surface area contributed by atoms with Gasteiger partial charge >= 0.3 is 11.3 Å². The van der Waals surface area contributed by atoms with E-state index in [2.05, 4.69) is 6.58 Å². The van der Waals surface area contributed by atoms with E-state index in [9.17, 15) is 14.7 Å². The monoisotopic (exact) mass is 602 g/mol. The molecule has 6 aromatic rings. The summed E-state index contributed by atoms with van der Waals surface area (Å²) in [5, 5.41) is 13.8. The summed E-state index contributed by atoms with van der Waals surface area (Å²) in [5.41, 5.74) is -0.566. The summed E-state index contributed by atoms with van der Waals surface area (Å²) < 4.78 is 46.3. The van der Waals surface area contributed by atoms with Gasteiger partial charge in [-0.2, -0.15) is 0 Å². The molecule has 0 aliphatic heterocycles. The van der Waals surface area contributed by atoms with Crippen molar-refractivity contribution in [2.75, 3.05) is 20.3 Å². The summed E-state index contributed by atoms with van der Waals surface area (Å²) in [6, 6.07) is 11.2. The molecule has 0 spiro atoms. The van der Waals surface area contributed by atoms with Crippen LogP contribution in [0.5, 0.6) is 17.2 Å². The largest absolute Gasteiger partial charge is 0.495 e. The molecule has 11 nitrogen and oxygen atoms in total. The average molecular weight is 603 g/mol. The van der Waals surface area contributed by atoms with Crippen molar-refractivity contribution >= 4 is 43.9 Å². The van der Waals surface area contributed by atoms with Crippen molar-refractivity contribution in [2.24, 2.45) is 0 Å². The first kappa shape index (κ1) is 29.1. The molecule has 6 rings (SSSR count). The number of hydrogen-bond donors (Lipinski definition) is 1. The lowest BCUT2D eigenvalue weighted by Gasteiger charge is -2.35. The van der Waals surface area contributed by atoms with Crippen LogP contribution in [0.25, 0.3) is 43.9 Å². The number of benzene rings is 2. The van der Waals surface area contributed by atoms with E-state index < -0.39 is 29.1 Å². The van der Waals surface area contributed by atoms with Crippen LogP contribution in [0.15, 0.2) is 94.4 Å². The van der Waals surface area contributed by atoms with E-state index in [4.69, 9.17) is 36.6 Å². The van der Waals surface area contributed by atoms with Gasteiger partial charge in [-0.15, -0.1) is 0 Å². The Morgan fingerprint density at radius 1 is 0.818 bits per heavy atom. The van der Waals surface area contributed by atoms with Crippen molar-refractivity contribution in [3.05, 3.63) is 88.0 Å². The molecule has 0 saturated carbocycles. The Bertz CT molecular complexity index is 2130. The Labute approximate surface area is 249 Å². The number of aliphatic hydroxyl groups excluding tert-OH is 1. The second-order valence-electron chi connectivity index (χ2n) is 10.9. The number of aliphatic hydroxyl groups is 1. The maximum absolute atomic E-state index is 12.1. The number of fused-ring (bicyclic) bond motifs is 4. The first-order valence-electron chi connectivity index (χ1n) is 13.8. The zero-order chi connectivity index (χ0) is 31.2. The number of methoxy groups -OCH3 is 1. The fourth-order valence-corrected chi connectivity index (χ4v) is 5.01. The standard InChI is InChI=1S/C33H30O11/c1-17(2)22(15-40-31-26-19(10-12-38-26)14-18-6-8-24(35)42-27(18)31)44-33(3,4)23(34)16-41-32-29-21(11-13-39-29)28(37-5)20-7-9-25(36)43-30(20)32/h6-14,22-23,34H,1,15-16H2,2-5H3. The van der Waals surface area contributed by atoms with Crippen LogP contribution >= 0.6 is 0 Å². The van der Waals surface area contributed by atoms with Crippen LogP contribution in [0.1, 0.15) is 20.8 Å². The zero-order valence-electron chi connectivity index (χ0n) is 24.5. The smallest absolute Gasteiger partial charge is 0.336 e. The van der Waals surface area contributed by atoms with Crippen molar-refractivity contribution in [3.8, 4) is 17.2 Å². The quantitative estimate of drug-likeness (QED) is 0.139. The van der Waals surface area contributed by atoms with Crippen LogP contribution in [-0.2, 0) is 4.74 Å². The van der Waals surface area contributed by atoms with Gasteiger partial charge in [0, 0.05) is 22.9 Å². The van der Waals surface area contributed by atoms with E-state index in [0.29, 0.717) is 38.6 Å². The molecule has 2 unspecified atom stereocenters. The maximum atomic E-state index is 12.1. The van der Waals surface area contributed by atoms with Crippen LogP contribution in [0.2, 0.25) is 0 Å². The summed E-state index contributed by atoms with van der Waals surface area (Å²) in [5.74, 6) is 0.866. The second kappa shape index (κ2) is 11.3. The highest BCUT2D eigenvalue weighted by molar-refractivity contribution is 6.06. The lowest BCUT2D eigenvalue weighted by molar-refractivity contribution is -0.140. The Morgan fingerprint density at radius 3 is 2.18 bits per heavy atom. The SMILES string of the molecule is C=C(C)C(COc1c2occc2cc2ccc(=O)oc12)OC(C)(C)C(O)COc1c2occc2c(OC)c2ccc(=O)oc12. The van der Waals surface area contributed by atoms with Crippen molar-refractivity contribution in [1.82, 2.24) is 0 Å². The normalized spacial score (nSPS) is 13.5. The lowest BCUT2D eigenvalue weighted by Crippen LogP contribution is -2.46. The van der Waals surface area contributed by atoms with Crippen molar-refractivity contribution < 1.29 is 41.7 Å². The maximum Gasteiger partial charge on any atom is 0.336 e. The van der Waals surface area contributed by atoms with E-state index in [1.54, 1.807) is 45.0 Å². The van der Waals surface area contributed by atoms with Crippen molar-refractivity contribution in [1.29, 1.82) is 0 Å². The first-order valence-corrected chi connectivity index (χ1v) is 13.8. The van der Waals surface area contributed by atoms with Gasteiger partial charge in [0.25, 0.3) is 0 Å². The third-order valence-corrected chi connectivity index (χ3v) is 7.45. The van der Waals surface area contributed by atoms with Gasteiger partial charge in [0.1, 0.15) is 31.2 Å². The van der Waals surface area contributed by atoms with E-state index >= 15 is 0 Å². The molecule has 0 saturated heterocycles. The van der Waals surface area contributed by atoms with Crippen molar-refractivity contribution in [3.63, 3.8) is 0 Å². The Balaban J connectivity index is 1.23. The van der Waals surface area contributed by atoms with Gasteiger partial charge in [-0.25, -0.2) is 9.59 Å². The molecule has 1 N–H and O–H groups in total. The molecule has 4 heterocycles. The van der Waals surface area contributed by atoms with E-state index in [0.717, 1.165) is 5.39 Å². The molecule has 2 aromatic carbocycles. The molecule has 0 amide bonds. The Morgan fingerprint density at radius 2 is 1.43 bits per heavy atom. The molecule has 0 radical (unpaired) electrons. The van der Waals surface area contributed by atoms with Gasteiger partial charge < -0.3 is 41.7 Å². The highest BCUT2D eigenvalue weighted by Gasteiger charge is 2.34. The molecular formula is C33H30O11. The molecule has 0 aliphatic rings. The summed E-state index contributed by atoms with van der Waals surface area (Å²) >= 11 is 0. The lowest BCUT2D eigenvalue weighted by atomic mass is 10.0. The zero-order valence-corrected chi connectivity index (χ0v) is 24.5. The van der Waals surface area contributed by atoms with Gasteiger partial charge in [0.15, 0.2) is 22.3 Å². The van der Waals surface area contributed by atoms with Gasteiger partial charge in [-0.3, -0.25) is 0 Å². The fourth-order valence-electron chi connectivity index (χ4n) is 5.01. The predicted molar refractivity (Wildman–Crippen MR) is 162 cm³/mol. The molecule has 4 aromatic heterocycles. The topological polar surface area (TPSA) is 144 Å². The number of ether oxygens (including phenoxy) is 4. The summed E-state index contributed by atoms with van der Waals surface area (Å²) in [4.78, 5) is 24.1. The van der Waals surface area contributed by atoms with Crippen molar-refractivity contribution in [2.45, 2.75) is 38.6 Å². The highest BCUT2D eigenvalue weighted by atomic mass is 16.6. The molecular weight excluding hydrogens is 572 g/mol. The summed E-state index contributed by atoms with van der Waals surface area (Å²) in [6.45, 7) is 8.95. The van der Waals surface area contributed by atoms with Crippen LogP contribution in [0.3, 0.4) is 0 Å². The van der Waals surface area contributed by atoms with Gasteiger partial charge in [-0.1, -0.05) is 6.58 Å². The Hall–Kier alpha value is -5.00. The third-order valence-electron chi connectivity index (χ3n) is 7.45. The summed E-state index contributed by atoms with van der Waals surface area (Å²) in [6.07, 6.45) is 1.13. The number of furan rings is 2. The molecule has 0 aliphatic carbocycles. The van der Waals surface area contributed by atoms with Gasteiger partial charge in [0.05, 0.1) is 36.0 Å². The van der Waals surface area contributed by atoms with Crippen LogP contribution in [-0.4, -0.2) is 43.2 Å². The predicted octanol–water partition coefficient (Wildman–Crippen LogP) is 5.96. The fraction of sp³-hybridized carbons (Fsp3) is 0.273. The van der Waals surface area contributed by atoms with Gasteiger partial charge in [0.2, 0.25) is 11.5 Å². The molecule has 0 bridgehead atoms. The van der Waals surface area contributed by atoms with Gasteiger partial charge in [-0.05, 0) is 56.7 Å². The van der Waals surface area contributed by atoms with Crippen LogP contribution in [0, 0.1) is 0 Å². The Kier molecular flexibility index (Phi) is 7.44. The van der Waals surface area contributed by atoms with E-state index in [1.807, 2.05) is 6.07 Å². The summed E-state index contributed by atoms with van der Waals surface area (Å²) in [7, 11) is 1.51. The number of rotatable bonds is 11. The minimum absolute atomic E-state index is 0.0266. The minimum atomic E-state index is -1.18. The highest BCUT2D eigenvalue weighted by Crippen LogP contribution is 2.43. The molecule has 0 fully saturated rings. The minimum Gasteiger partial charge on any atom is -0.495 e. The average Bonchev–Trinajstić information content (AvgIpc) is 3.66. The number of hydrogen-bond acceptors (Lipinski definition) is 11. The first-order chi connectivity index (χ1) is 21.1. The second-order valence-corrected chi connectivity index (χ2v) is 10.9. The molecule has 228 valence electrons. The molecule has 11 heteroatoms. The molecule has 2 atom stereocenters.